The summed E-state index contributed by atoms with van der Waals surface area (Å²) in [6.07, 6.45) is -1.21. The SMILES string of the molecule is CCC(C)C(=O)OC(C)C(F)(F)CF. The molecule has 0 saturated carbocycles. The van der Waals surface area contributed by atoms with Gasteiger partial charge in [-0.15, -0.1) is 0 Å². The lowest BCUT2D eigenvalue weighted by molar-refractivity contribution is -0.177. The monoisotopic (exact) mass is 212 g/mol. The van der Waals surface area contributed by atoms with Crippen molar-refractivity contribution in [2.24, 2.45) is 5.92 Å². The van der Waals surface area contributed by atoms with Crippen LogP contribution in [0.15, 0.2) is 0 Å². The molecule has 0 N–H and O–H groups in total. The van der Waals surface area contributed by atoms with E-state index in [0.717, 1.165) is 6.92 Å². The van der Waals surface area contributed by atoms with Gasteiger partial charge in [-0.25, -0.2) is 4.39 Å². The number of ether oxygens (including phenoxy) is 1. The van der Waals surface area contributed by atoms with Crippen molar-refractivity contribution >= 4 is 5.97 Å². The summed E-state index contributed by atoms with van der Waals surface area (Å²) in [5.41, 5.74) is 0. The zero-order valence-electron chi connectivity index (χ0n) is 8.52. The molecule has 2 unspecified atom stereocenters. The van der Waals surface area contributed by atoms with E-state index in [-0.39, 0.29) is 0 Å². The highest BCUT2D eigenvalue weighted by Gasteiger charge is 2.39. The number of carbonyl (C=O) groups is 1. The Labute approximate surface area is 81.4 Å². The van der Waals surface area contributed by atoms with E-state index < -0.39 is 30.6 Å². The Bertz CT molecular complexity index is 194. The van der Waals surface area contributed by atoms with E-state index in [1.54, 1.807) is 13.8 Å². The first kappa shape index (κ1) is 13.3. The minimum absolute atomic E-state index is 0.437. The predicted octanol–water partition coefficient (Wildman–Crippen LogP) is 2.57. The van der Waals surface area contributed by atoms with Crippen molar-refractivity contribution in [3.63, 3.8) is 0 Å². The molecule has 84 valence electrons. The molecule has 0 fully saturated rings. The molecule has 0 heterocycles. The molecule has 0 spiro atoms. The van der Waals surface area contributed by atoms with Crippen LogP contribution in [0.25, 0.3) is 0 Å². The Morgan fingerprint density at radius 1 is 1.43 bits per heavy atom. The number of hydrogen-bond donors (Lipinski definition) is 0. The topological polar surface area (TPSA) is 26.3 Å². The fourth-order valence-electron chi connectivity index (χ4n) is 0.652. The zero-order chi connectivity index (χ0) is 11.4. The molecule has 0 aliphatic carbocycles. The Morgan fingerprint density at radius 3 is 2.29 bits per heavy atom. The first-order valence-electron chi connectivity index (χ1n) is 4.49. The molecule has 0 aromatic heterocycles. The molecular formula is C9H15F3O2. The van der Waals surface area contributed by atoms with Gasteiger partial charge in [-0.1, -0.05) is 13.8 Å². The van der Waals surface area contributed by atoms with Crippen molar-refractivity contribution in [1.29, 1.82) is 0 Å². The van der Waals surface area contributed by atoms with Crippen LogP contribution < -0.4 is 0 Å². The second-order valence-corrected chi connectivity index (χ2v) is 3.28. The quantitative estimate of drug-likeness (QED) is 0.655. The maximum atomic E-state index is 12.6. The first-order valence-corrected chi connectivity index (χ1v) is 4.49. The molecule has 0 amide bonds. The predicted molar refractivity (Wildman–Crippen MR) is 45.9 cm³/mol. The second-order valence-electron chi connectivity index (χ2n) is 3.28. The fourth-order valence-corrected chi connectivity index (χ4v) is 0.652. The molecule has 0 aliphatic heterocycles. The largest absolute Gasteiger partial charge is 0.456 e. The minimum atomic E-state index is -3.59. The van der Waals surface area contributed by atoms with Crippen LogP contribution in [-0.2, 0) is 9.53 Å². The van der Waals surface area contributed by atoms with Gasteiger partial charge >= 0.3 is 11.9 Å². The third-order valence-electron chi connectivity index (χ3n) is 2.08. The van der Waals surface area contributed by atoms with Crippen molar-refractivity contribution < 1.29 is 22.7 Å². The molecule has 0 rings (SSSR count). The third-order valence-corrected chi connectivity index (χ3v) is 2.08. The lowest BCUT2D eigenvalue weighted by Gasteiger charge is -2.22. The van der Waals surface area contributed by atoms with Crippen molar-refractivity contribution in [1.82, 2.24) is 0 Å². The number of rotatable bonds is 5. The summed E-state index contributed by atoms with van der Waals surface area (Å²) in [7, 11) is 0. The average molecular weight is 212 g/mol. The van der Waals surface area contributed by atoms with Crippen LogP contribution >= 0.6 is 0 Å². The second kappa shape index (κ2) is 5.22. The summed E-state index contributed by atoms with van der Waals surface area (Å²) in [5.74, 6) is -4.75. The number of alkyl halides is 3. The van der Waals surface area contributed by atoms with Crippen LogP contribution in [-0.4, -0.2) is 24.7 Å². The van der Waals surface area contributed by atoms with Gasteiger partial charge in [0.05, 0.1) is 5.92 Å². The summed E-state index contributed by atoms with van der Waals surface area (Å²) in [6.45, 7) is 2.48. The number of hydrogen-bond acceptors (Lipinski definition) is 2. The summed E-state index contributed by atoms with van der Waals surface area (Å²) in [4.78, 5) is 11.1. The normalized spacial score (nSPS) is 16.1. The van der Waals surface area contributed by atoms with Crippen molar-refractivity contribution in [3.8, 4) is 0 Å². The van der Waals surface area contributed by atoms with Gasteiger partial charge in [-0.05, 0) is 13.3 Å². The van der Waals surface area contributed by atoms with Gasteiger partial charge in [0, 0.05) is 0 Å². The van der Waals surface area contributed by atoms with Crippen LogP contribution in [0.3, 0.4) is 0 Å². The maximum Gasteiger partial charge on any atom is 0.311 e. The lowest BCUT2D eigenvalue weighted by atomic mass is 10.1. The molecular weight excluding hydrogens is 197 g/mol. The third kappa shape index (κ3) is 3.55. The standard InChI is InChI=1S/C9H15F3O2/c1-4-6(2)8(13)14-7(3)9(11,12)5-10/h6-7H,4-5H2,1-3H3. The Kier molecular flexibility index (Phi) is 4.94. The highest BCUT2D eigenvalue weighted by atomic mass is 19.3. The molecule has 2 nitrogen and oxygen atoms in total. The van der Waals surface area contributed by atoms with Crippen LogP contribution in [0.4, 0.5) is 13.2 Å². The molecule has 0 bridgehead atoms. The Morgan fingerprint density at radius 2 is 1.93 bits per heavy atom. The molecule has 2 atom stereocenters. The summed E-state index contributed by atoms with van der Waals surface area (Å²) >= 11 is 0. The van der Waals surface area contributed by atoms with E-state index in [1.165, 1.54) is 0 Å². The highest BCUT2D eigenvalue weighted by molar-refractivity contribution is 5.72. The smallest absolute Gasteiger partial charge is 0.311 e. The fraction of sp³-hybridized carbons (Fsp3) is 0.889. The summed E-state index contributed by atoms with van der Waals surface area (Å²) in [6, 6.07) is 0. The maximum absolute atomic E-state index is 12.6. The molecule has 5 heteroatoms. The van der Waals surface area contributed by atoms with E-state index in [9.17, 15) is 18.0 Å². The highest BCUT2D eigenvalue weighted by Crippen LogP contribution is 2.22. The minimum Gasteiger partial charge on any atom is -0.456 e. The van der Waals surface area contributed by atoms with E-state index in [0.29, 0.717) is 6.42 Å². The van der Waals surface area contributed by atoms with Gasteiger partial charge in [-0.2, -0.15) is 8.78 Å². The number of carbonyl (C=O) groups excluding carboxylic acids is 1. The first-order chi connectivity index (χ1) is 6.35. The molecule has 14 heavy (non-hydrogen) atoms. The van der Waals surface area contributed by atoms with Crippen molar-refractivity contribution in [2.75, 3.05) is 6.67 Å². The summed E-state index contributed by atoms with van der Waals surface area (Å²) < 4.78 is 41.5. The van der Waals surface area contributed by atoms with Gasteiger partial charge < -0.3 is 4.74 Å². The van der Waals surface area contributed by atoms with Gasteiger partial charge in [-0.3, -0.25) is 4.79 Å². The van der Waals surface area contributed by atoms with Crippen LogP contribution in [0.2, 0.25) is 0 Å². The molecule has 0 aliphatic rings. The molecule has 0 aromatic carbocycles. The average Bonchev–Trinajstić information content (AvgIpc) is 2.16. The van der Waals surface area contributed by atoms with E-state index >= 15 is 0 Å². The molecule has 0 saturated heterocycles. The lowest BCUT2D eigenvalue weighted by Crippen LogP contribution is -2.38. The van der Waals surface area contributed by atoms with Crippen LogP contribution in [0, 0.1) is 5.92 Å². The van der Waals surface area contributed by atoms with E-state index in [1.807, 2.05) is 0 Å². The number of esters is 1. The van der Waals surface area contributed by atoms with Crippen molar-refractivity contribution in [3.05, 3.63) is 0 Å². The van der Waals surface area contributed by atoms with Crippen molar-refractivity contribution in [2.45, 2.75) is 39.2 Å². The molecule has 0 radical (unpaired) electrons. The molecule has 0 aromatic rings. The van der Waals surface area contributed by atoms with Crippen LogP contribution in [0.1, 0.15) is 27.2 Å². The van der Waals surface area contributed by atoms with Crippen LogP contribution in [0.5, 0.6) is 0 Å². The van der Waals surface area contributed by atoms with Gasteiger partial charge in [0.1, 0.15) is 0 Å². The zero-order valence-corrected chi connectivity index (χ0v) is 8.52. The van der Waals surface area contributed by atoms with Gasteiger partial charge in [0.25, 0.3) is 0 Å². The van der Waals surface area contributed by atoms with Gasteiger partial charge in [0.15, 0.2) is 12.8 Å². The van der Waals surface area contributed by atoms with E-state index in [4.69, 9.17) is 0 Å². The summed E-state index contributed by atoms with van der Waals surface area (Å²) in [5, 5.41) is 0. The van der Waals surface area contributed by atoms with E-state index in [2.05, 4.69) is 4.74 Å². The van der Waals surface area contributed by atoms with Gasteiger partial charge in [0.2, 0.25) is 0 Å². The Hall–Kier alpha value is -0.740. The number of halogens is 3. The Balaban J connectivity index is 4.19.